The van der Waals surface area contributed by atoms with E-state index < -0.39 is 97.5 Å². The van der Waals surface area contributed by atoms with Gasteiger partial charge in [-0.1, -0.05) is 317 Å². The van der Waals surface area contributed by atoms with Crippen molar-refractivity contribution in [2.45, 2.75) is 387 Å². The number of rotatable bonds is 71. The zero-order chi connectivity index (χ0) is 66.3. The zero-order valence-electron chi connectivity index (χ0n) is 58.3. The quantitative estimate of drug-likeness (QED) is 0.0222. The molecule has 0 fully saturated rings. The lowest BCUT2D eigenvalue weighted by atomic mass is 10.0. The summed E-state index contributed by atoms with van der Waals surface area (Å²) in [4.78, 5) is 72.2. The van der Waals surface area contributed by atoms with E-state index in [9.17, 15) is 43.2 Å². The highest BCUT2D eigenvalue weighted by atomic mass is 31.2. The minimum Gasteiger partial charge on any atom is -0.462 e. The van der Waals surface area contributed by atoms with Crippen molar-refractivity contribution in [1.29, 1.82) is 0 Å². The molecule has 5 atom stereocenters. The number of hydrogen-bond acceptors (Lipinski definition) is 15. The predicted octanol–water partition coefficient (Wildman–Crippen LogP) is 20.5. The summed E-state index contributed by atoms with van der Waals surface area (Å²) in [6, 6.07) is 0. The Morgan fingerprint density at radius 3 is 0.756 bits per heavy atom. The Bertz CT molecular complexity index is 1740. The van der Waals surface area contributed by atoms with Gasteiger partial charge in [-0.05, 0) is 31.6 Å². The van der Waals surface area contributed by atoms with Gasteiger partial charge < -0.3 is 33.8 Å². The van der Waals surface area contributed by atoms with Crippen LogP contribution in [0.5, 0.6) is 0 Å². The molecule has 0 rings (SSSR count). The molecule has 0 spiro atoms. The van der Waals surface area contributed by atoms with Crippen LogP contribution in [0, 0.1) is 5.92 Å². The van der Waals surface area contributed by atoms with Gasteiger partial charge in [0.2, 0.25) is 0 Å². The van der Waals surface area contributed by atoms with E-state index >= 15 is 0 Å². The number of esters is 4. The van der Waals surface area contributed by atoms with Gasteiger partial charge in [-0.2, -0.15) is 0 Å². The summed E-state index contributed by atoms with van der Waals surface area (Å²) in [6.07, 6.45) is 51.9. The van der Waals surface area contributed by atoms with Gasteiger partial charge in [-0.3, -0.25) is 37.3 Å². The standard InChI is InChI=1S/C71H138O17P2/c1-6-9-12-15-17-19-20-21-22-23-24-25-26-31-34-38-42-47-52-57-71(76)88-67(61-82-69(74)55-50-45-40-37-33-30-28-27-29-32-36-39-44-48-53-64(4)5)63-86-90(79,80)84-59-65(72)58-83-89(77,78)85-62-66(60-81-68(73)54-49-43-14-11-8-3)87-70(75)56-51-46-41-35-18-16-13-10-7-2/h64-67,72H,6-63H2,1-5H3,(H,77,78)(H,79,80)/t65-,66+,67+/m0/s1. The molecule has 3 N–H and O–H groups in total. The maximum Gasteiger partial charge on any atom is 0.472 e. The Morgan fingerprint density at radius 1 is 0.300 bits per heavy atom. The van der Waals surface area contributed by atoms with Crippen LogP contribution in [0.2, 0.25) is 0 Å². The number of hydrogen-bond donors (Lipinski definition) is 3. The lowest BCUT2D eigenvalue weighted by Crippen LogP contribution is -2.30. The SMILES string of the molecule is CCCCCCCCCCCCCCCCCCCCCC(=O)O[C@H](COC(=O)CCCCCCCCCCCCCCCCC(C)C)COP(=O)(O)OC[C@@H](O)COP(=O)(O)OC[C@@H](COC(=O)CCCCCCC)OC(=O)CCCCCCCCCCC. The van der Waals surface area contributed by atoms with Gasteiger partial charge in [-0.15, -0.1) is 0 Å². The third kappa shape index (κ3) is 64.8. The summed E-state index contributed by atoms with van der Waals surface area (Å²) in [5, 5.41) is 10.6. The first-order valence-corrected chi connectivity index (χ1v) is 40.1. The number of phosphoric ester groups is 2. The number of aliphatic hydroxyl groups is 1. The van der Waals surface area contributed by atoms with Crippen molar-refractivity contribution in [3.63, 3.8) is 0 Å². The summed E-state index contributed by atoms with van der Waals surface area (Å²) in [6.45, 7) is 7.17. The largest absolute Gasteiger partial charge is 0.472 e. The lowest BCUT2D eigenvalue weighted by molar-refractivity contribution is -0.161. The second-order valence-corrected chi connectivity index (χ2v) is 29.0. The van der Waals surface area contributed by atoms with E-state index in [-0.39, 0.29) is 25.7 Å². The molecule has 0 radical (unpaired) electrons. The molecule has 0 aliphatic carbocycles. The molecule has 17 nitrogen and oxygen atoms in total. The molecule has 0 bridgehead atoms. The van der Waals surface area contributed by atoms with Gasteiger partial charge in [0.15, 0.2) is 12.2 Å². The topological polar surface area (TPSA) is 237 Å². The number of unbranched alkanes of at least 4 members (excludes halogenated alkanes) is 43. The minimum atomic E-state index is -4.95. The highest BCUT2D eigenvalue weighted by Gasteiger charge is 2.30. The minimum absolute atomic E-state index is 0.105. The molecule has 0 aliphatic rings. The maximum absolute atomic E-state index is 13.0. The summed E-state index contributed by atoms with van der Waals surface area (Å²) in [5.41, 5.74) is 0. The molecule has 0 saturated carbocycles. The second kappa shape index (κ2) is 64.4. The van der Waals surface area contributed by atoms with Crippen LogP contribution >= 0.6 is 15.6 Å². The van der Waals surface area contributed by atoms with Crippen molar-refractivity contribution in [2.75, 3.05) is 39.6 Å². The van der Waals surface area contributed by atoms with E-state index in [4.69, 9.17) is 37.0 Å². The van der Waals surface area contributed by atoms with Gasteiger partial charge in [0.25, 0.3) is 0 Å². The van der Waals surface area contributed by atoms with Crippen LogP contribution in [0.3, 0.4) is 0 Å². The molecule has 90 heavy (non-hydrogen) atoms. The van der Waals surface area contributed by atoms with E-state index in [1.54, 1.807) is 0 Å². The molecular weight excluding hydrogens is 1190 g/mol. The highest BCUT2D eigenvalue weighted by Crippen LogP contribution is 2.45. The van der Waals surface area contributed by atoms with Crippen LogP contribution in [0.4, 0.5) is 0 Å². The third-order valence-corrected chi connectivity index (χ3v) is 18.4. The fourth-order valence-corrected chi connectivity index (χ4v) is 12.4. The summed E-state index contributed by atoms with van der Waals surface area (Å²) < 4.78 is 68.0. The van der Waals surface area contributed by atoms with Crippen LogP contribution in [0.15, 0.2) is 0 Å². The smallest absolute Gasteiger partial charge is 0.462 e. The molecule has 0 aliphatic heterocycles. The molecule has 0 aromatic carbocycles. The van der Waals surface area contributed by atoms with E-state index in [1.807, 2.05) is 0 Å². The molecule has 19 heteroatoms. The first-order chi connectivity index (χ1) is 43.5. The van der Waals surface area contributed by atoms with E-state index in [0.29, 0.717) is 25.7 Å². The summed E-state index contributed by atoms with van der Waals surface area (Å²) in [5.74, 6) is -1.33. The molecule has 2 unspecified atom stereocenters. The summed E-state index contributed by atoms with van der Waals surface area (Å²) in [7, 11) is -9.89. The molecule has 0 saturated heterocycles. The fourth-order valence-electron chi connectivity index (χ4n) is 10.8. The average molecular weight is 1330 g/mol. The number of phosphoric acid groups is 2. The third-order valence-electron chi connectivity index (χ3n) is 16.5. The zero-order valence-corrected chi connectivity index (χ0v) is 60.1. The van der Waals surface area contributed by atoms with Crippen molar-refractivity contribution >= 4 is 39.5 Å². The lowest BCUT2D eigenvalue weighted by Gasteiger charge is -2.21. The van der Waals surface area contributed by atoms with Crippen molar-refractivity contribution in [3.8, 4) is 0 Å². The Labute approximate surface area is 549 Å². The van der Waals surface area contributed by atoms with Gasteiger partial charge >= 0.3 is 39.5 Å². The van der Waals surface area contributed by atoms with E-state index in [2.05, 4.69) is 34.6 Å². The number of carbonyl (C=O) groups is 4. The molecule has 534 valence electrons. The van der Waals surface area contributed by atoms with Crippen molar-refractivity contribution in [2.24, 2.45) is 5.92 Å². The van der Waals surface area contributed by atoms with Crippen molar-refractivity contribution in [1.82, 2.24) is 0 Å². The van der Waals surface area contributed by atoms with Gasteiger partial charge in [0, 0.05) is 25.7 Å². The molecule has 0 amide bonds. The average Bonchev–Trinajstić information content (AvgIpc) is 3.26. The maximum atomic E-state index is 13.0. The van der Waals surface area contributed by atoms with E-state index in [1.165, 1.54) is 186 Å². The first-order valence-electron chi connectivity index (χ1n) is 37.1. The Morgan fingerprint density at radius 2 is 0.511 bits per heavy atom. The fraction of sp³-hybridized carbons (Fsp3) is 0.944. The first kappa shape index (κ1) is 88.1. The number of carbonyl (C=O) groups excluding carboxylic acids is 4. The Kier molecular flexibility index (Phi) is 63.0. The number of ether oxygens (including phenoxy) is 4. The second-order valence-electron chi connectivity index (χ2n) is 26.1. The van der Waals surface area contributed by atoms with Crippen LogP contribution in [0.25, 0.3) is 0 Å². The molecule has 0 aromatic heterocycles. The van der Waals surface area contributed by atoms with Crippen LogP contribution in [0.1, 0.15) is 369 Å². The van der Waals surface area contributed by atoms with E-state index in [0.717, 1.165) is 102 Å². The van der Waals surface area contributed by atoms with Gasteiger partial charge in [0.1, 0.15) is 19.3 Å². The summed E-state index contributed by atoms with van der Waals surface area (Å²) >= 11 is 0. The van der Waals surface area contributed by atoms with Gasteiger partial charge in [-0.25, -0.2) is 9.13 Å². The Hall–Kier alpha value is -1.94. The monoisotopic (exact) mass is 1320 g/mol. The van der Waals surface area contributed by atoms with Crippen molar-refractivity contribution < 1.29 is 80.2 Å². The highest BCUT2D eigenvalue weighted by molar-refractivity contribution is 7.47. The number of aliphatic hydroxyl groups excluding tert-OH is 1. The van der Waals surface area contributed by atoms with Crippen LogP contribution in [-0.4, -0.2) is 96.7 Å². The normalized spacial score (nSPS) is 14.1. The predicted molar refractivity (Wildman–Crippen MR) is 363 cm³/mol. The van der Waals surface area contributed by atoms with Crippen LogP contribution < -0.4 is 0 Å². The Balaban J connectivity index is 5.12. The van der Waals surface area contributed by atoms with Crippen molar-refractivity contribution in [3.05, 3.63) is 0 Å². The van der Waals surface area contributed by atoms with Crippen LogP contribution in [-0.2, 0) is 65.4 Å². The molecule has 0 heterocycles. The molecule has 0 aromatic rings. The van der Waals surface area contributed by atoms with Gasteiger partial charge in [0.05, 0.1) is 26.4 Å². The molecular formula is C71H138O17P2.